The zero-order valence-electron chi connectivity index (χ0n) is 13.1. The van der Waals surface area contributed by atoms with E-state index in [2.05, 4.69) is 0 Å². The molecular formula is C19H20O3S. The van der Waals surface area contributed by atoms with E-state index >= 15 is 0 Å². The zero-order valence-corrected chi connectivity index (χ0v) is 13.9. The molecule has 0 spiro atoms. The summed E-state index contributed by atoms with van der Waals surface area (Å²) in [5.74, 6) is 0.675. The Labute approximate surface area is 140 Å². The van der Waals surface area contributed by atoms with E-state index in [1.165, 1.54) is 6.92 Å². The predicted molar refractivity (Wildman–Crippen MR) is 94.1 cm³/mol. The molecule has 1 atom stereocenters. The molecule has 4 heteroatoms. The lowest BCUT2D eigenvalue weighted by atomic mass is 10.0. The maximum Gasteiger partial charge on any atom is 0.164 e. The van der Waals surface area contributed by atoms with Gasteiger partial charge in [0.05, 0.1) is 6.61 Å². The molecule has 0 fully saturated rings. The molecule has 0 aliphatic heterocycles. The van der Waals surface area contributed by atoms with Gasteiger partial charge in [-0.25, -0.2) is 0 Å². The number of ketones is 2. The van der Waals surface area contributed by atoms with Gasteiger partial charge in [-0.3, -0.25) is 9.59 Å². The summed E-state index contributed by atoms with van der Waals surface area (Å²) >= 11 is 1.56. The number of aliphatic hydroxyl groups excluding tert-OH is 1. The molecule has 1 unspecified atom stereocenters. The third-order valence-corrected chi connectivity index (χ3v) is 4.83. The molecule has 2 rings (SSSR count). The van der Waals surface area contributed by atoms with Gasteiger partial charge >= 0.3 is 0 Å². The minimum Gasteiger partial charge on any atom is -0.396 e. The first-order valence-corrected chi connectivity index (χ1v) is 8.58. The predicted octanol–water partition coefficient (Wildman–Crippen LogP) is 3.93. The fourth-order valence-electron chi connectivity index (χ4n) is 2.31. The van der Waals surface area contributed by atoms with Crippen molar-refractivity contribution in [3.8, 4) is 0 Å². The third kappa shape index (κ3) is 5.05. The van der Waals surface area contributed by atoms with E-state index in [4.69, 9.17) is 5.11 Å². The van der Waals surface area contributed by atoms with E-state index in [9.17, 15) is 9.59 Å². The van der Waals surface area contributed by atoms with Crippen LogP contribution in [0.3, 0.4) is 0 Å². The van der Waals surface area contributed by atoms with Crippen LogP contribution in [0, 0.1) is 0 Å². The van der Waals surface area contributed by atoms with Crippen molar-refractivity contribution in [1.29, 1.82) is 0 Å². The summed E-state index contributed by atoms with van der Waals surface area (Å²) < 4.78 is 0. The number of benzene rings is 2. The Morgan fingerprint density at radius 1 is 1.00 bits per heavy atom. The molecule has 0 heterocycles. The van der Waals surface area contributed by atoms with E-state index in [1.54, 1.807) is 23.9 Å². The molecule has 23 heavy (non-hydrogen) atoms. The van der Waals surface area contributed by atoms with Crippen LogP contribution in [0.4, 0.5) is 0 Å². The van der Waals surface area contributed by atoms with E-state index in [-0.39, 0.29) is 23.4 Å². The highest BCUT2D eigenvalue weighted by molar-refractivity contribution is 7.99. The van der Waals surface area contributed by atoms with Gasteiger partial charge in [-0.05, 0) is 12.5 Å². The zero-order chi connectivity index (χ0) is 16.7. The van der Waals surface area contributed by atoms with Crippen molar-refractivity contribution in [2.45, 2.75) is 18.6 Å². The number of Topliss-reactive ketones (excluding diaryl/α,β-unsaturated/α-hetero) is 2. The van der Waals surface area contributed by atoms with Crippen LogP contribution in [-0.4, -0.2) is 29.0 Å². The Morgan fingerprint density at radius 3 is 2.22 bits per heavy atom. The molecule has 120 valence electrons. The van der Waals surface area contributed by atoms with Crippen LogP contribution in [0.2, 0.25) is 0 Å². The SMILES string of the molecule is CC(=O)c1ccc(C(CC(=O)c2ccccc2)SCCO)cc1. The number of thioether (sulfide) groups is 1. The molecule has 0 saturated carbocycles. The van der Waals surface area contributed by atoms with Gasteiger partial charge in [0.25, 0.3) is 0 Å². The molecule has 1 N–H and O–H groups in total. The maximum absolute atomic E-state index is 12.4. The molecule has 0 radical (unpaired) electrons. The average molecular weight is 328 g/mol. The molecule has 0 amide bonds. The second kappa shape index (κ2) is 8.65. The second-order valence-electron chi connectivity index (χ2n) is 5.25. The normalized spacial score (nSPS) is 11.9. The standard InChI is InChI=1S/C19H20O3S/c1-14(21)15-7-9-17(10-8-15)19(23-12-11-20)13-18(22)16-5-3-2-4-6-16/h2-10,19-20H,11-13H2,1H3. The van der Waals surface area contributed by atoms with Crippen molar-refractivity contribution < 1.29 is 14.7 Å². The Morgan fingerprint density at radius 2 is 1.65 bits per heavy atom. The molecular weight excluding hydrogens is 308 g/mol. The van der Waals surface area contributed by atoms with E-state index in [0.29, 0.717) is 23.3 Å². The summed E-state index contributed by atoms with van der Waals surface area (Å²) in [6.07, 6.45) is 0.369. The smallest absolute Gasteiger partial charge is 0.164 e. The van der Waals surface area contributed by atoms with Crippen molar-refractivity contribution in [2.75, 3.05) is 12.4 Å². The van der Waals surface area contributed by atoms with Crippen LogP contribution in [0.5, 0.6) is 0 Å². The summed E-state index contributed by atoms with van der Waals surface area (Å²) in [6.45, 7) is 1.61. The van der Waals surface area contributed by atoms with Gasteiger partial charge in [-0.2, -0.15) is 11.8 Å². The van der Waals surface area contributed by atoms with Gasteiger partial charge in [0.1, 0.15) is 0 Å². The molecule has 0 saturated heterocycles. The highest BCUT2D eigenvalue weighted by atomic mass is 32.2. The van der Waals surface area contributed by atoms with Gasteiger partial charge in [0.15, 0.2) is 11.6 Å². The first kappa shape index (κ1) is 17.4. The minimum absolute atomic E-state index is 0.0245. The van der Waals surface area contributed by atoms with Gasteiger partial charge < -0.3 is 5.11 Å². The summed E-state index contributed by atoms with van der Waals surface area (Å²) in [6, 6.07) is 16.6. The average Bonchev–Trinajstić information content (AvgIpc) is 2.59. The van der Waals surface area contributed by atoms with Crippen LogP contribution in [0.1, 0.15) is 44.9 Å². The maximum atomic E-state index is 12.4. The van der Waals surface area contributed by atoms with Gasteiger partial charge in [-0.15, -0.1) is 0 Å². The summed E-state index contributed by atoms with van der Waals surface area (Å²) in [5, 5.41) is 9.05. The first-order valence-electron chi connectivity index (χ1n) is 7.53. The Bertz CT molecular complexity index is 650. The first-order chi connectivity index (χ1) is 11.1. The Balaban J connectivity index is 2.16. The number of carbonyl (C=O) groups is 2. The van der Waals surface area contributed by atoms with Gasteiger partial charge in [0, 0.05) is 28.6 Å². The highest BCUT2D eigenvalue weighted by Crippen LogP contribution is 2.33. The Hall–Kier alpha value is -1.91. The van der Waals surface area contributed by atoms with Crippen molar-refractivity contribution in [2.24, 2.45) is 0 Å². The highest BCUT2D eigenvalue weighted by Gasteiger charge is 2.18. The van der Waals surface area contributed by atoms with Gasteiger partial charge in [-0.1, -0.05) is 54.6 Å². The molecule has 2 aromatic carbocycles. The molecule has 0 aromatic heterocycles. The van der Waals surface area contributed by atoms with Crippen LogP contribution in [0.25, 0.3) is 0 Å². The lowest BCUT2D eigenvalue weighted by Crippen LogP contribution is -2.07. The van der Waals surface area contributed by atoms with Crippen LogP contribution in [0.15, 0.2) is 54.6 Å². The van der Waals surface area contributed by atoms with Crippen molar-refractivity contribution in [1.82, 2.24) is 0 Å². The van der Waals surface area contributed by atoms with Crippen LogP contribution in [-0.2, 0) is 0 Å². The quantitative estimate of drug-likeness (QED) is 0.746. The van der Waals surface area contributed by atoms with E-state index < -0.39 is 0 Å². The minimum atomic E-state index is -0.0316. The number of carbonyl (C=O) groups excluding carboxylic acids is 2. The summed E-state index contributed by atoms with van der Waals surface area (Å²) in [5.41, 5.74) is 2.36. The van der Waals surface area contributed by atoms with Crippen molar-refractivity contribution >= 4 is 23.3 Å². The number of aliphatic hydroxyl groups is 1. The molecule has 0 bridgehead atoms. The monoisotopic (exact) mass is 328 g/mol. The molecule has 3 nitrogen and oxygen atoms in total. The molecule has 0 aliphatic rings. The summed E-state index contributed by atoms with van der Waals surface area (Å²) in [7, 11) is 0. The van der Waals surface area contributed by atoms with E-state index in [1.807, 2.05) is 42.5 Å². The molecule has 0 aliphatic carbocycles. The van der Waals surface area contributed by atoms with Crippen molar-refractivity contribution in [3.63, 3.8) is 0 Å². The van der Waals surface area contributed by atoms with Crippen LogP contribution < -0.4 is 0 Å². The van der Waals surface area contributed by atoms with Crippen LogP contribution >= 0.6 is 11.8 Å². The third-order valence-electron chi connectivity index (χ3n) is 3.57. The summed E-state index contributed by atoms with van der Waals surface area (Å²) in [4.78, 5) is 23.8. The van der Waals surface area contributed by atoms with Crippen molar-refractivity contribution in [3.05, 3.63) is 71.3 Å². The van der Waals surface area contributed by atoms with Gasteiger partial charge in [0.2, 0.25) is 0 Å². The number of hydrogen-bond acceptors (Lipinski definition) is 4. The lowest BCUT2D eigenvalue weighted by Gasteiger charge is -2.16. The molecule has 2 aromatic rings. The fourth-order valence-corrected chi connectivity index (χ4v) is 3.32. The topological polar surface area (TPSA) is 54.4 Å². The van der Waals surface area contributed by atoms with E-state index in [0.717, 1.165) is 5.56 Å². The number of rotatable bonds is 8. The number of hydrogen-bond donors (Lipinski definition) is 1. The Kier molecular flexibility index (Phi) is 6.56. The second-order valence-corrected chi connectivity index (χ2v) is 6.57. The lowest BCUT2D eigenvalue weighted by molar-refractivity contribution is 0.0979. The fraction of sp³-hybridized carbons (Fsp3) is 0.263. The largest absolute Gasteiger partial charge is 0.396 e.